The Morgan fingerprint density at radius 1 is 0.962 bits per heavy atom. The number of aryl methyl sites for hydroxylation is 2. The van der Waals surface area contributed by atoms with Crippen LogP contribution in [0.15, 0.2) is 71.3 Å². The lowest BCUT2D eigenvalue weighted by Crippen LogP contribution is -2.26. The lowest BCUT2D eigenvalue weighted by molar-refractivity contribution is -0.125. The standard InChI is InChI=1S/C21H19NO4/c1-14-8-10-17(11-9-14)22-20(23)19(16-6-4-3-5-7-16)26-21(24)18-12-13-25-15(18)2/h3-13,19H,1-2H3,(H,22,23)/t19-/m0/s1. The molecule has 5 nitrogen and oxygen atoms in total. The van der Waals surface area contributed by atoms with Gasteiger partial charge in [-0.05, 0) is 32.0 Å². The number of carbonyl (C=O) groups excluding carboxylic acids is 2. The molecule has 1 atom stereocenters. The molecule has 2 aromatic carbocycles. The van der Waals surface area contributed by atoms with E-state index in [9.17, 15) is 9.59 Å². The van der Waals surface area contributed by atoms with Crippen molar-refractivity contribution in [3.8, 4) is 0 Å². The molecule has 26 heavy (non-hydrogen) atoms. The summed E-state index contributed by atoms with van der Waals surface area (Å²) in [6.07, 6.45) is 0.342. The molecular formula is C21H19NO4. The van der Waals surface area contributed by atoms with E-state index in [-0.39, 0.29) is 0 Å². The fourth-order valence-electron chi connectivity index (χ4n) is 2.51. The van der Waals surface area contributed by atoms with Crippen molar-refractivity contribution < 1.29 is 18.7 Å². The Balaban J connectivity index is 1.83. The molecule has 0 aliphatic heterocycles. The van der Waals surface area contributed by atoms with Crippen LogP contribution in [0.3, 0.4) is 0 Å². The van der Waals surface area contributed by atoms with Gasteiger partial charge >= 0.3 is 5.97 Å². The Hall–Kier alpha value is -3.34. The molecule has 0 spiro atoms. The lowest BCUT2D eigenvalue weighted by atomic mass is 10.1. The number of anilines is 1. The quantitative estimate of drug-likeness (QED) is 0.692. The highest BCUT2D eigenvalue weighted by Gasteiger charge is 2.27. The number of nitrogens with one attached hydrogen (secondary N) is 1. The summed E-state index contributed by atoms with van der Waals surface area (Å²) in [6.45, 7) is 3.63. The Bertz CT molecular complexity index is 897. The third-order valence-electron chi connectivity index (χ3n) is 3.96. The van der Waals surface area contributed by atoms with E-state index in [0.29, 0.717) is 22.6 Å². The van der Waals surface area contributed by atoms with E-state index in [0.717, 1.165) is 5.56 Å². The van der Waals surface area contributed by atoms with Crippen LogP contribution in [-0.2, 0) is 9.53 Å². The molecule has 0 unspecified atom stereocenters. The lowest BCUT2D eigenvalue weighted by Gasteiger charge is -2.18. The van der Waals surface area contributed by atoms with Gasteiger partial charge in [-0.3, -0.25) is 4.79 Å². The Morgan fingerprint density at radius 3 is 2.27 bits per heavy atom. The molecule has 1 amide bonds. The van der Waals surface area contributed by atoms with Gasteiger partial charge in [-0.15, -0.1) is 0 Å². The minimum Gasteiger partial charge on any atom is -0.469 e. The second kappa shape index (κ2) is 7.70. The molecule has 1 aromatic heterocycles. The molecule has 0 fully saturated rings. The zero-order valence-electron chi connectivity index (χ0n) is 14.6. The molecule has 3 rings (SSSR count). The van der Waals surface area contributed by atoms with Gasteiger partial charge in [0.2, 0.25) is 6.10 Å². The van der Waals surface area contributed by atoms with Crippen LogP contribution >= 0.6 is 0 Å². The molecule has 5 heteroatoms. The minimum atomic E-state index is -1.07. The van der Waals surface area contributed by atoms with Gasteiger partial charge in [0.25, 0.3) is 5.91 Å². The predicted molar refractivity (Wildman–Crippen MR) is 97.9 cm³/mol. The van der Waals surface area contributed by atoms with E-state index in [1.54, 1.807) is 43.3 Å². The first-order valence-electron chi connectivity index (χ1n) is 8.22. The second-order valence-electron chi connectivity index (χ2n) is 5.94. The highest BCUT2D eigenvalue weighted by atomic mass is 16.5. The van der Waals surface area contributed by atoms with Crippen LogP contribution in [0.1, 0.15) is 33.3 Å². The summed E-state index contributed by atoms with van der Waals surface area (Å²) in [5.74, 6) is -0.584. The van der Waals surface area contributed by atoms with Crippen molar-refractivity contribution in [1.82, 2.24) is 0 Å². The van der Waals surface area contributed by atoms with E-state index >= 15 is 0 Å². The average Bonchev–Trinajstić information content (AvgIpc) is 3.08. The number of amides is 1. The summed E-state index contributed by atoms with van der Waals surface area (Å²) in [7, 11) is 0. The van der Waals surface area contributed by atoms with Crippen LogP contribution in [0, 0.1) is 13.8 Å². The summed E-state index contributed by atoms with van der Waals surface area (Å²) in [5.41, 5.74) is 2.61. The first-order valence-corrected chi connectivity index (χ1v) is 8.22. The van der Waals surface area contributed by atoms with E-state index in [1.165, 1.54) is 12.3 Å². The van der Waals surface area contributed by atoms with E-state index in [4.69, 9.17) is 9.15 Å². The molecule has 1 N–H and O–H groups in total. The maximum atomic E-state index is 12.8. The van der Waals surface area contributed by atoms with Gasteiger partial charge in [-0.25, -0.2) is 4.79 Å². The largest absolute Gasteiger partial charge is 0.469 e. The molecule has 0 aliphatic rings. The van der Waals surface area contributed by atoms with Gasteiger partial charge in [0.1, 0.15) is 11.3 Å². The summed E-state index contributed by atoms with van der Waals surface area (Å²) in [4.78, 5) is 25.2. The fraction of sp³-hybridized carbons (Fsp3) is 0.143. The van der Waals surface area contributed by atoms with Gasteiger partial charge in [-0.1, -0.05) is 48.0 Å². The number of benzene rings is 2. The summed E-state index contributed by atoms with van der Waals surface area (Å²) in [5, 5.41) is 2.79. The monoisotopic (exact) mass is 349 g/mol. The second-order valence-corrected chi connectivity index (χ2v) is 5.94. The van der Waals surface area contributed by atoms with Crippen LogP contribution in [0.5, 0.6) is 0 Å². The Morgan fingerprint density at radius 2 is 1.65 bits per heavy atom. The molecule has 132 valence electrons. The van der Waals surface area contributed by atoms with Crippen molar-refractivity contribution in [3.63, 3.8) is 0 Å². The average molecular weight is 349 g/mol. The molecule has 3 aromatic rings. The van der Waals surface area contributed by atoms with E-state index in [1.807, 2.05) is 25.1 Å². The van der Waals surface area contributed by atoms with Crippen molar-refractivity contribution >= 4 is 17.6 Å². The van der Waals surface area contributed by atoms with Crippen molar-refractivity contribution in [2.24, 2.45) is 0 Å². The first-order chi connectivity index (χ1) is 12.5. The Labute approximate surface area is 151 Å². The predicted octanol–water partition coefficient (Wildman–Crippen LogP) is 4.43. The SMILES string of the molecule is Cc1ccc(NC(=O)[C@@H](OC(=O)c2ccoc2C)c2ccccc2)cc1. The zero-order valence-corrected chi connectivity index (χ0v) is 14.6. The highest BCUT2D eigenvalue weighted by Crippen LogP contribution is 2.23. The third-order valence-corrected chi connectivity index (χ3v) is 3.96. The van der Waals surface area contributed by atoms with Crippen molar-refractivity contribution in [2.75, 3.05) is 5.32 Å². The number of rotatable bonds is 5. The molecule has 0 saturated heterocycles. The summed E-state index contributed by atoms with van der Waals surface area (Å²) in [6, 6.07) is 17.8. The smallest absolute Gasteiger partial charge is 0.342 e. The Kier molecular flexibility index (Phi) is 5.17. The number of ether oxygens (including phenoxy) is 1. The molecule has 0 aliphatic carbocycles. The van der Waals surface area contributed by atoms with Crippen LogP contribution in [0.4, 0.5) is 5.69 Å². The molecular weight excluding hydrogens is 330 g/mol. The van der Waals surface area contributed by atoms with Gasteiger partial charge < -0.3 is 14.5 Å². The molecule has 0 radical (unpaired) electrons. The zero-order chi connectivity index (χ0) is 18.5. The number of carbonyl (C=O) groups is 2. The van der Waals surface area contributed by atoms with Crippen molar-refractivity contribution in [2.45, 2.75) is 20.0 Å². The molecule has 1 heterocycles. The number of esters is 1. The van der Waals surface area contributed by atoms with Crippen molar-refractivity contribution in [1.29, 1.82) is 0 Å². The van der Waals surface area contributed by atoms with Crippen LogP contribution in [0.2, 0.25) is 0 Å². The summed E-state index contributed by atoms with van der Waals surface area (Å²) >= 11 is 0. The number of furan rings is 1. The summed E-state index contributed by atoms with van der Waals surface area (Å²) < 4.78 is 10.6. The van der Waals surface area contributed by atoms with Crippen LogP contribution in [0.25, 0.3) is 0 Å². The maximum Gasteiger partial charge on any atom is 0.342 e. The normalized spacial score (nSPS) is 11.6. The fourth-order valence-corrected chi connectivity index (χ4v) is 2.51. The first kappa shape index (κ1) is 17.5. The topological polar surface area (TPSA) is 68.5 Å². The van der Waals surface area contributed by atoms with Gasteiger partial charge in [-0.2, -0.15) is 0 Å². The van der Waals surface area contributed by atoms with Crippen LogP contribution < -0.4 is 5.32 Å². The number of hydrogen-bond acceptors (Lipinski definition) is 4. The maximum absolute atomic E-state index is 12.8. The van der Waals surface area contributed by atoms with E-state index < -0.39 is 18.0 Å². The third kappa shape index (κ3) is 4.00. The molecule has 0 bridgehead atoms. The minimum absolute atomic E-state index is 0.300. The van der Waals surface area contributed by atoms with Gasteiger partial charge in [0, 0.05) is 11.3 Å². The molecule has 0 saturated carbocycles. The van der Waals surface area contributed by atoms with E-state index in [2.05, 4.69) is 5.32 Å². The number of hydrogen-bond donors (Lipinski definition) is 1. The van der Waals surface area contributed by atoms with Crippen LogP contribution in [-0.4, -0.2) is 11.9 Å². The highest BCUT2D eigenvalue weighted by molar-refractivity contribution is 5.98. The van der Waals surface area contributed by atoms with Gasteiger partial charge in [0.15, 0.2) is 0 Å². The van der Waals surface area contributed by atoms with Crippen molar-refractivity contribution in [3.05, 3.63) is 89.4 Å². The van der Waals surface area contributed by atoms with Gasteiger partial charge in [0.05, 0.1) is 6.26 Å².